The summed E-state index contributed by atoms with van der Waals surface area (Å²) in [6.07, 6.45) is 0.439. The van der Waals surface area contributed by atoms with Crippen molar-refractivity contribution in [2.45, 2.75) is 23.8 Å². The van der Waals surface area contributed by atoms with Crippen LogP contribution in [0.1, 0.15) is 13.3 Å². The number of halogens is 2. The van der Waals surface area contributed by atoms with Crippen LogP contribution in [0.3, 0.4) is 0 Å². The van der Waals surface area contributed by atoms with E-state index in [9.17, 15) is 15.0 Å². The highest BCUT2D eigenvalue weighted by Crippen LogP contribution is 2.29. The van der Waals surface area contributed by atoms with Crippen LogP contribution in [0.15, 0.2) is 23.1 Å². The van der Waals surface area contributed by atoms with Gasteiger partial charge >= 0.3 is 0 Å². The van der Waals surface area contributed by atoms with E-state index in [-0.39, 0.29) is 24.9 Å². The number of hydrogen-bond donors (Lipinski definition) is 3. The van der Waals surface area contributed by atoms with Gasteiger partial charge < -0.3 is 15.5 Å². The van der Waals surface area contributed by atoms with Gasteiger partial charge in [0.05, 0.1) is 29.5 Å². The molecule has 20 heavy (non-hydrogen) atoms. The van der Waals surface area contributed by atoms with Crippen LogP contribution in [-0.2, 0) is 4.79 Å². The molecule has 0 saturated carbocycles. The van der Waals surface area contributed by atoms with Crippen molar-refractivity contribution in [2.75, 3.05) is 19.0 Å². The van der Waals surface area contributed by atoms with Gasteiger partial charge in [-0.25, -0.2) is 0 Å². The maximum atomic E-state index is 11.9. The second-order valence-electron chi connectivity index (χ2n) is 4.36. The van der Waals surface area contributed by atoms with Crippen molar-refractivity contribution in [3.05, 3.63) is 28.2 Å². The number of aliphatic hydroxyl groups is 2. The second-order valence-corrected chi connectivity index (χ2v) is 6.22. The summed E-state index contributed by atoms with van der Waals surface area (Å²) in [7, 11) is 0. The van der Waals surface area contributed by atoms with Gasteiger partial charge in [0.15, 0.2) is 0 Å². The van der Waals surface area contributed by atoms with Gasteiger partial charge in [0.2, 0.25) is 5.91 Å². The SMILES string of the molecule is CCC(CO)(CO)NC(=O)CSc1cc(Cl)ccc1Cl. The summed E-state index contributed by atoms with van der Waals surface area (Å²) in [4.78, 5) is 12.6. The van der Waals surface area contributed by atoms with Crippen molar-refractivity contribution in [2.24, 2.45) is 0 Å². The second kappa shape index (κ2) is 8.10. The summed E-state index contributed by atoms with van der Waals surface area (Å²) in [6, 6.07) is 5.03. The summed E-state index contributed by atoms with van der Waals surface area (Å²) in [5.41, 5.74) is -0.976. The Morgan fingerprint density at radius 2 is 2.00 bits per heavy atom. The minimum Gasteiger partial charge on any atom is -0.394 e. The molecule has 0 heterocycles. The molecular formula is C13H17Cl2NO3S. The van der Waals surface area contributed by atoms with E-state index in [2.05, 4.69) is 5.32 Å². The zero-order chi connectivity index (χ0) is 15.2. The lowest BCUT2D eigenvalue weighted by molar-refractivity contribution is -0.121. The summed E-state index contributed by atoms with van der Waals surface area (Å²) in [5.74, 6) is -0.155. The number of carbonyl (C=O) groups is 1. The van der Waals surface area contributed by atoms with E-state index in [1.54, 1.807) is 25.1 Å². The molecule has 1 aromatic carbocycles. The first-order valence-corrected chi connectivity index (χ1v) is 7.81. The molecule has 1 rings (SSSR count). The summed E-state index contributed by atoms with van der Waals surface area (Å²) < 4.78 is 0. The highest BCUT2D eigenvalue weighted by Gasteiger charge is 2.28. The molecule has 0 aliphatic carbocycles. The molecule has 1 amide bonds. The number of amides is 1. The number of aliphatic hydroxyl groups excluding tert-OH is 2. The van der Waals surface area contributed by atoms with Gasteiger partial charge in [0.25, 0.3) is 0 Å². The fourth-order valence-corrected chi connectivity index (χ4v) is 2.80. The highest BCUT2D eigenvalue weighted by atomic mass is 35.5. The van der Waals surface area contributed by atoms with Crippen LogP contribution in [0.2, 0.25) is 10.0 Å². The summed E-state index contributed by atoms with van der Waals surface area (Å²) in [6.45, 7) is 1.16. The van der Waals surface area contributed by atoms with Gasteiger partial charge in [-0.2, -0.15) is 0 Å². The average molecular weight is 338 g/mol. The van der Waals surface area contributed by atoms with Crippen molar-refractivity contribution in [1.29, 1.82) is 0 Å². The monoisotopic (exact) mass is 337 g/mol. The molecule has 0 radical (unpaired) electrons. The van der Waals surface area contributed by atoms with E-state index in [1.165, 1.54) is 11.8 Å². The van der Waals surface area contributed by atoms with E-state index in [1.807, 2.05) is 0 Å². The summed E-state index contributed by atoms with van der Waals surface area (Å²) >= 11 is 13.1. The number of hydrogen-bond acceptors (Lipinski definition) is 4. The first kappa shape index (κ1) is 17.6. The Bertz CT molecular complexity index is 459. The Kier molecular flexibility index (Phi) is 7.12. The standard InChI is InChI=1S/C13H17Cl2NO3S/c1-2-13(7-17,8-18)16-12(19)6-20-11-5-9(14)3-4-10(11)15/h3-5,17-18H,2,6-8H2,1H3,(H,16,19). The van der Waals surface area contributed by atoms with Crippen molar-refractivity contribution in [1.82, 2.24) is 5.32 Å². The Morgan fingerprint density at radius 1 is 1.35 bits per heavy atom. The molecule has 1 aromatic rings. The number of nitrogens with one attached hydrogen (secondary N) is 1. The predicted molar refractivity (Wildman–Crippen MR) is 82.5 cm³/mol. The van der Waals surface area contributed by atoms with Crippen molar-refractivity contribution < 1.29 is 15.0 Å². The molecule has 0 aliphatic heterocycles. The van der Waals surface area contributed by atoms with Gasteiger partial charge in [-0.05, 0) is 24.6 Å². The van der Waals surface area contributed by atoms with E-state index < -0.39 is 5.54 Å². The predicted octanol–water partition coefficient (Wildman–Crippen LogP) is 2.34. The third kappa shape index (κ3) is 4.82. The number of carbonyl (C=O) groups excluding carboxylic acids is 1. The molecular weight excluding hydrogens is 321 g/mol. The molecule has 0 atom stereocenters. The van der Waals surface area contributed by atoms with Crippen LogP contribution < -0.4 is 5.32 Å². The Balaban J connectivity index is 2.61. The fraction of sp³-hybridized carbons (Fsp3) is 0.462. The zero-order valence-electron chi connectivity index (χ0n) is 11.0. The lowest BCUT2D eigenvalue weighted by Crippen LogP contribution is -2.54. The average Bonchev–Trinajstić information content (AvgIpc) is 2.46. The third-order valence-corrected chi connectivity index (χ3v) is 4.67. The zero-order valence-corrected chi connectivity index (χ0v) is 13.4. The van der Waals surface area contributed by atoms with E-state index in [0.29, 0.717) is 21.4 Å². The topological polar surface area (TPSA) is 69.6 Å². The van der Waals surface area contributed by atoms with E-state index in [4.69, 9.17) is 23.2 Å². The van der Waals surface area contributed by atoms with Crippen LogP contribution in [0, 0.1) is 0 Å². The van der Waals surface area contributed by atoms with Gasteiger partial charge in [0, 0.05) is 9.92 Å². The highest BCUT2D eigenvalue weighted by molar-refractivity contribution is 8.00. The third-order valence-electron chi connectivity index (χ3n) is 2.94. The first-order chi connectivity index (χ1) is 9.46. The molecule has 3 N–H and O–H groups in total. The Labute approximate surface area is 132 Å². The molecule has 0 bridgehead atoms. The summed E-state index contributed by atoms with van der Waals surface area (Å²) in [5, 5.41) is 22.3. The van der Waals surface area contributed by atoms with Gasteiger partial charge in [0.1, 0.15) is 0 Å². The van der Waals surface area contributed by atoms with Crippen molar-refractivity contribution in [3.8, 4) is 0 Å². The lowest BCUT2D eigenvalue weighted by atomic mass is 9.99. The minimum atomic E-state index is -0.976. The molecule has 0 aromatic heterocycles. The molecule has 4 nitrogen and oxygen atoms in total. The number of benzene rings is 1. The van der Waals surface area contributed by atoms with Gasteiger partial charge in [-0.15, -0.1) is 11.8 Å². The molecule has 0 saturated heterocycles. The van der Waals surface area contributed by atoms with Crippen molar-refractivity contribution >= 4 is 40.9 Å². The molecule has 0 aliphatic rings. The fourth-order valence-electron chi connectivity index (χ4n) is 1.50. The van der Waals surface area contributed by atoms with Crippen LogP contribution in [0.5, 0.6) is 0 Å². The molecule has 112 valence electrons. The molecule has 0 unspecified atom stereocenters. The largest absolute Gasteiger partial charge is 0.394 e. The van der Waals surface area contributed by atoms with Crippen LogP contribution >= 0.6 is 35.0 Å². The molecule has 7 heteroatoms. The molecule has 0 fully saturated rings. The number of rotatable bonds is 7. The Hall–Kier alpha value is -0.460. The first-order valence-electron chi connectivity index (χ1n) is 6.07. The van der Waals surface area contributed by atoms with Gasteiger partial charge in [-0.3, -0.25) is 4.79 Å². The van der Waals surface area contributed by atoms with Crippen LogP contribution in [0.25, 0.3) is 0 Å². The lowest BCUT2D eigenvalue weighted by Gasteiger charge is -2.29. The quantitative estimate of drug-likeness (QED) is 0.668. The minimum absolute atomic E-state index is 0.127. The maximum Gasteiger partial charge on any atom is 0.230 e. The van der Waals surface area contributed by atoms with Crippen LogP contribution in [0.4, 0.5) is 0 Å². The van der Waals surface area contributed by atoms with Gasteiger partial charge in [-0.1, -0.05) is 30.1 Å². The number of thioether (sulfide) groups is 1. The van der Waals surface area contributed by atoms with E-state index in [0.717, 1.165) is 0 Å². The molecule has 0 spiro atoms. The van der Waals surface area contributed by atoms with Crippen molar-refractivity contribution in [3.63, 3.8) is 0 Å². The van der Waals surface area contributed by atoms with E-state index >= 15 is 0 Å². The smallest absolute Gasteiger partial charge is 0.230 e. The Morgan fingerprint density at radius 3 is 2.55 bits per heavy atom. The normalized spacial score (nSPS) is 11.4. The van der Waals surface area contributed by atoms with Crippen LogP contribution in [-0.4, -0.2) is 40.6 Å². The maximum absolute atomic E-state index is 11.9.